The minimum atomic E-state index is -1.15. The number of para-hydroxylation sites is 1. The van der Waals surface area contributed by atoms with Gasteiger partial charge in [0.2, 0.25) is 29.5 Å². The van der Waals surface area contributed by atoms with E-state index in [-0.39, 0.29) is 25.1 Å². The number of aromatic hydroxyl groups is 1. The Morgan fingerprint density at radius 3 is 1.95 bits per heavy atom. The van der Waals surface area contributed by atoms with Gasteiger partial charge in [0.15, 0.2) is 0 Å². The fourth-order valence-electron chi connectivity index (χ4n) is 4.01. The first-order valence-corrected chi connectivity index (χ1v) is 13.8. The molecular formula is C31H35FN6O6. The van der Waals surface area contributed by atoms with Gasteiger partial charge in [0.1, 0.15) is 23.7 Å². The minimum absolute atomic E-state index is 0.0164. The van der Waals surface area contributed by atoms with Crippen molar-refractivity contribution in [3.8, 4) is 5.75 Å². The van der Waals surface area contributed by atoms with Gasteiger partial charge in [-0.05, 0) is 60.9 Å². The van der Waals surface area contributed by atoms with Crippen molar-refractivity contribution >= 4 is 35.2 Å². The van der Waals surface area contributed by atoms with Crippen LogP contribution in [-0.4, -0.2) is 65.9 Å². The third-order valence-corrected chi connectivity index (χ3v) is 6.39. The summed E-state index contributed by atoms with van der Waals surface area (Å²) >= 11 is 0. The molecule has 0 saturated carbocycles. The smallest absolute Gasteiger partial charge is 0.243 e. The van der Waals surface area contributed by atoms with E-state index >= 15 is 0 Å². The van der Waals surface area contributed by atoms with Crippen molar-refractivity contribution < 1.29 is 33.5 Å². The average molecular weight is 607 g/mol. The number of halogens is 1. The van der Waals surface area contributed by atoms with Crippen LogP contribution < -0.4 is 32.3 Å². The predicted molar refractivity (Wildman–Crippen MR) is 161 cm³/mol. The summed E-state index contributed by atoms with van der Waals surface area (Å²) < 4.78 is 13.4. The molecule has 0 fully saturated rings. The molecule has 3 atom stereocenters. The van der Waals surface area contributed by atoms with Crippen molar-refractivity contribution in [3.63, 3.8) is 0 Å². The molecule has 0 unspecified atom stereocenters. The number of nitrogens with two attached hydrogens (primary N) is 1. The van der Waals surface area contributed by atoms with E-state index in [1.54, 1.807) is 42.5 Å². The molecular weight excluding hydrogens is 571 g/mol. The standard InChI is InChI=1S/C31H35FN6O6/c1-19(36-30(43)25(33)15-20-9-13-24(39)14-10-20)29(42)34-18-28(41)38-26(16-21-7-11-22(32)12-8-21)31(44)35-17-27(40)37-23-5-3-2-4-6-23/h2-14,19,25-26,39H,15-18,33H2,1H3,(H,34,42)(H,35,44)(H,36,43)(H,37,40)(H,38,41)/t19-,25+,26+/m1/s1. The van der Waals surface area contributed by atoms with Gasteiger partial charge >= 0.3 is 0 Å². The number of anilines is 1. The second-order valence-electron chi connectivity index (χ2n) is 10.0. The molecule has 3 aromatic rings. The lowest BCUT2D eigenvalue weighted by Gasteiger charge is -2.20. The van der Waals surface area contributed by atoms with Crippen LogP contribution in [0.4, 0.5) is 10.1 Å². The summed E-state index contributed by atoms with van der Waals surface area (Å²) in [5.74, 6) is -3.50. The van der Waals surface area contributed by atoms with Crippen LogP contribution in [0, 0.1) is 5.82 Å². The highest BCUT2D eigenvalue weighted by Gasteiger charge is 2.24. The highest BCUT2D eigenvalue weighted by atomic mass is 19.1. The quantitative estimate of drug-likeness (QED) is 0.139. The van der Waals surface area contributed by atoms with Crippen molar-refractivity contribution in [3.05, 3.63) is 95.8 Å². The van der Waals surface area contributed by atoms with Crippen LogP contribution in [0.25, 0.3) is 0 Å². The summed E-state index contributed by atoms with van der Waals surface area (Å²) in [5.41, 5.74) is 7.75. The highest BCUT2D eigenvalue weighted by Crippen LogP contribution is 2.11. The topological polar surface area (TPSA) is 192 Å². The van der Waals surface area contributed by atoms with Crippen molar-refractivity contribution in [2.45, 2.75) is 37.9 Å². The lowest BCUT2D eigenvalue weighted by atomic mass is 10.0. The average Bonchev–Trinajstić information content (AvgIpc) is 3.00. The van der Waals surface area contributed by atoms with Crippen LogP contribution in [0.2, 0.25) is 0 Å². The third kappa shape index (κ3) is 11.2. The Balaban J connectivity index is 1.51. The van der Waals surface area contributed by atoms with Gasteiger partial charge in [0, 0.05) is 12.1 Å². The zero-order valence-electron chi connectivity index (χ0n) is 24.0. The van der Waals surface area contributed by atoms with Crippen LogP contribution >= 0.6 is 0 Å². The molecule has 0 bridgehead atoms. The number of carbonyl (C=O) groups excluding carboxylic acids is 5. The number of amides is 5. The molecule has 0 aromatic heterocycles. The van der Waals surface area contributed by atoms with Crippen LogP contribution in [-0.2, 0) is 36.8 Å². The summed E-state index contributed by atoms with van der Waals surface area (Å²) in [6, 6.07) is 17.0. The molecule has 5 amide bonds. The van der Waals surface area contributed by atoms with Crippen molar-refractivity contribution in [2.24, 2.45) is 5.73 Å². The van der Waals surface area contributed by atoms with E-state index in [9.17, 15) is 33.5 Å². The molecule has 13 heteroatoms. The summed E-state index contributed by atoms with van der Waals surface area (Å²) in [6.45, 7) is 0.538. The van der Waals surface area contributed by atoms with Gasteiger partial charge in [-0.1, -0.05) is 42.5 Å². The van der Waals surface area contributed by atoms with Crippen LogP contribution in [0.5, 0.6) is 5.75 Å². The molecule has 0 heterocycles. The monoisotopic (exact) mass is 606 g/mol. The first kappa shape index (κ1) is 33.2. The predicted octanol–water partition coefficient (Wildman–Crippen LogP) is 0.504. The third-order valence-electron chi connectivity index (χ3n) is 6.39. The highest BCUT2D eigenvalue weighted by molar-refractivity contribution is 5.96. The van der Waals surface area contributed by atoms with Gasteiger partial charge < -0.3 is 37.4 Å². The second-order valence-corrected chi connectivity index (χ2v) is 10.0. The molecule has 3 aromatic carbocycles. The van der Waals surface area contributed by atoms with Crippen LogP contribution in [0.15, 0.2) is 78.9 Å². The maximum Gasteiger partial charge on any atom is 0.243 e. The first-order chi connectivity index (χ1) is 21.0. The number of phenolic OH excluding ortho intramolecular Hbond substituents is 1. The largest absolute Gasteiger partial charge is 0.508 e. The molecule has 0 aliphatic heterocycles. The Morgan fingerprint density at radius 2 is 1.30 bits per heavy atom. The van der Waals surface area contributed by atoms with E-state index in [4.69, 9.17) is 5.73 Å². The van der Waals surface area contributed by atoms with Gasteiger partial charge in [-0.15, -0.1) is 0 Å². The second kappa shape index (κ2) is 16.4. The molecule has 44 heavy (non-hydrogen) atoms. The Bertz CT molecular complexity index is 1440. The fourth-order valence-corrected chi connectivity index (χ4v) is 4.01. The van der Waals surface area contributed by atoms with Gasteiger partial charge in [0.25, 0.3) is 0 Å². The summed E-state index contributed by atoms with van der Waals surface area (Å²) in [7, 11) is 0. The van der Waals surface area contributed by atoms with Crippen molar-refractivity contribution in [2.75, 3.05) is 18.4 Å². The zero-order chi connectivity index (χ0) is 32.1. The van der Waals surface area contributed by atoms with E-state index in [0.717, 1.165) is 5.56 Å². The Kier molecular flexibility index (Phi) is 12.4. The van der Waals surface area contributed by atoms with Gasteiger partial charge in [-0.25, -0.2) is 4.39 Å². The molecule has 232 valence electrons. The molecule has 3 rings (SSSR count). The number of hydrogen-bond acceptors (Lipinski definition) is 7. The number of rotatable bonds is 14. The van der Waals surface area contributed by atoms with Gasteiger partial charge in [-0.2, -0.15) is 0 Å². The van der Waals surface area contributed by atoms with Crippen molar-refractivity contribution in [1.29, 1.82) is 0 Å². The van der Waals surface area contributed by atoms with E-state index in [0.29, 0.717) is 11.3 Å². The number of carbonyl (C=O) groups is 5. The number of benzene rings is 3. The van der Waals surface area contributed by atoms with Gasteiger partial charge in [-0.3, -0.25) is 24.0 Å². The first-order valence-electron chi connectivity index (χ1n) is 13.8. The van der Waals surface area contributed by atoms with E-state index in [1.807, 2.05) is 0 Å². The number of phenols is 1. The van der Waals surface area contributed by atoms with Gasteiger partial charge in [0.05, 0.1) is 19.1 Å². The van der Waals surface area contributed by atoms with Crippen LogP contribution in [0.3, 0.4) is 0 Å². The van der Waals surface area contributed by atoms with E-state index in [2.05, 4.69) is 26.6 Å². The lowest BCUT2D eigenvalue weighted by molar-refractivity contribution is -0.131. The zero-order valence-corrected chi connectivity index (χ0v) is 24.0. The number of hydrogen-bond donors (Lipinski definition) is 7. The van der Waals surface area contributed by atoms with Crippen molar-refractivity contribution in [1.82, 2.24) is 21.3 Å². The Hall–Kier alpha value is -5.30. The maximum absolute atomic E-state index is 13.4. The van der Waals surface area contributed by atoms with E-state index in [1.165, 1.54) is 43.3 Å². The lowest BCUT2D eigenvalue weighted by Crippen LogP contribution is -2.54. The summed E-state index contributed by atoms with van der Waals surface area (Å²) in [6.07, 6.45) is 0.158. The molecule has 0 radical (unpaired) electrons. The number of nitrogens with one attached hydrogen (secondary N) is 5. The maximum atomic E-state index is 13.4. The fraction of sp³-hybridized carbons (Fsp3) is 0.258. The minimum Gasteiger partial charge on any atom is -0.508 e. The molecule has 0 aliphatic carbocycles. The molecule has 12 nitrogen and oxygen atoms in total. The SMILES string of the molecule is C[C@@H](NC(=O)[C@@H](N)Cc1ccc(O)cc1)C(=O)NCC(=O)N[C@@H](Cc1ccc(F)cc1)C(=O)NCC(=O)Nc1ccccc1. The summed E-state index contributed by atoms with van der Waals surface area (Å²) in [5, 5.41) is 21.9. The molecule has 0 saturated heterocycles. The normalized spacial score (nSPS) is 12.6. The molecule has 0 aliphatic rings. The Labute approximate surface area is 253 Å². The van der Waals surface area contributed by atoms with E-state index < -0.39 is 60.0 Å². The van der Waals surface area contributed by atoms with Crippen LogP contribution in [0.1, 0.15) is 18.1 Å². The molecule has 0 spiro atoms. The Morgan fingerprint density at radius 1 is 0.727 bits per heavy atom. The molecule has 8 N–H and O–H groups in total. The summed E-state index contributed by atoms with van der Waals surface area (Å²) in [4.78, 5) is 62.9.